The average molecular weight is 596 g/mol. The maximum Gasteiger partial charge on any atom is 0.272 e. The number of thiol groups is 1. The molecule has 2 atom stereocenters. The van der Waals surface area contributed by atoms with Crippen LogP contribution in [-0.2, 0) is 10.9 Å². The normalized spacial score (nSPS) is 17.0. The molecule has 10 nitrogen and oxygen atoms in total. The van der Waals surface area contributed by atoms with Crippen molar-refractivity contribution in [1.82, 2.24) is 20.5 Å². The largest absolute Gasteiger partial charge is 0.479 e. The average Bonchev–Trinajstić information content (AvgIpc) is 3.53. The minimum Gasteiger partial charge on any atom is -0.479 e. The zero-order valence-electron chi connectivity index (χ0n) is 20.6. The quantitative estimate of drug-likeness (QED) is 0.237. The molecule has 0 radical (unpaired) electrons. The second kappa shape index (κ2) is 10.9. The molecule has 15 heteroatoms. The fourth-order valence-corrected chi connectivity index (χ4v) is 5.55. The Kier molecular flexibility index (Phi) is 7.57. The maximum absolute atomic E-state index is 15.9. The van der Waals surface area contributed by atoms with Crippen LogP contribution in [0.25, 0.3) is 22.0 Å². The molecule has 1 saturated carbocycles. The first-order valence-corrected chi connectivity index (χ1v) is 13.4. The highest BCUT2D eigenvalue weighted by Gasteiger charge is 2.29. The van der Waals surface area contributed by atoms with E-state index in [0.29, 0.717) is 23.6 Å². The van der Waals surface area contributed by atoms with Gasteiger partial charge in [0.15, 0.2) is 17.3 Å². The van der Waals surface area contributed by atoms with Crippen LogP contribution in [0.1, 0.15) is 29.8 Å². The lowest BCUT2D eigenvalue weighted by atomic mass is 10.0. The van der Waals surface area contributed by atoms with Crippen molar-refractivity contribution < 1.29 is 36.2 Å². The molecular formula is C25H21ClF3N5O5S. The number of aromatic nitrogens is 3. The molecule has 2 unspecified atom stereocenters. The molecule has 0 spiro atoms. The van der Waals surface area contributed by atoms with Crippen molar-refractivity contribution in [3.63, 3.8) is 0 Å². The highest BCUT2D eigenvalue weighted by molar-refractivity contribution is 7.74. The number of fused-ring (bicyclic) bond motifs is 1. The van der Waals surface area contributed by atoms with Crippen LogP contribution in [-0.4, -0.2) is 53.9 Å². The number of hydrogen-bond acceptors (Lipinski definition) is 7. The minimum absolute atomic E-state index is 0.0140. The van der Waals surface area contributed by atoms with E-state index >= 15 is 13.2 Å². The predicted molar refractivity (Wildman–Crippen MR) is 141 cm³/mol. The van der Waals surface area contributed by atoms with Crippen molar-refractivity contribution in [2.24, 2.45) is 0 Å². The smallest absolute Gasteiger partial charge is 0.272 e. The SMILES string of the molecule is COc1ncc(Cl)cc1N(c1ccc(F)c(-c2ccc3c(C(=O)NC4CCC(O)C4)n[nH]c3c2F)c1F)[SH](=O)=O. The van der Waals surface area contributed by atoms with Crippen LogP contribution in [0.3, 0.4) is 0 Å². The van der Waals surface area contributed by atoms with E-state index in [0.717, 1.165) is 24.3 Å². The van der Waals surface area contributed by atoms with Gasteiger partial charge in [-0.15, -0.1) is 0 Å². The number of methoxy groups -OCH3 is 1. The number of benzene rings is 2. The number of rotatable bonds is 7. The number of nitrogens with zero attached hydrogens (tertiary/aromatic N) is 3. The van der Waals surface area contributed by atoms with E-state index in [-0.39, 0.29) is 39.2 Å². The van der Waals surface area contributed by atoms with Crippen molar-refractivity contribution >= 4 is 50.7 Å². The van der Waals surface area contributed by atoms with Crippen LogP contribution in [0.2, 0.25) is 5.02 Å². The van der Waals surface area contributed by atoms with E-state index in [1.54, 1.807) is 0 Å². The number of nitrogens with one attached hydrogen (secondary N) is 2. The molecule has 40 heavy (non-hydrogen) atoms. The number of aromatic amines is 1. The van der Waals surface area contributed by atoms with Gasteiger partial charge >= 0.3 is 0 Å². The first kappa shape index (κ1) is 27.7. The number of aliphatic hydroxyl groups excluding tert-OH is 1. The first-order valence-electron chi connectivity index (χ1n) is 11.9. The Labute approximate surface area is 231 Å². The minimum atomic E-state index is -3.58. The van der Waals surface area contributed by atoms with Gasteiger partial charge in [0.2, 0.25) is 16.8 Å². The lowest BCUT2D eigenvalue weighted by Gasteiger charge is -2.21. The van der Waals surface area contributed by atoms with E-state index in [2.05, 4.69) is 20.5 Å². The number of aliphatic hydroxyl groups is 1. The van der Waals surface area contributed by atoms with E-state index in [4.69, 9.17) is 16.3 Å². The summed E-state index contributed by atoms with van der Waals surface area (Å²) in [5.41, 5.74) is -2.71. The summed E-state index contributed by atoms with van der Waals surface area (Å²) in [5, 5.41) is 18.8. The van der Waals surface area contributed by atoms with Gasteiger partial charge in [0.25, 0.3) is 5.91 Å². The summed E-state index contributed by atoms with van der Waals surface area (Å²) in [6, 6.07) is 4.89. The Morgan fingerprint density at radius 1 is 1.18 bits per heavy atom. The summed E-state index contributed by atoms with van der Waals surface area (Å²) < 4.78 is 76.7. The zero-order chi connectivity index (χ0) is 28.7. The van der Waals surface area contributed by atoms with E-state index in [1.807, 2.05) is 0 Å². The van der Waals surface area contributed by atoms with Crippen molar-refractivity contribution in [2.45, 2.75) is 31.4 Å². The molecule has 0 bridgehead atoms. The number of carbonyl (C=O) groups excluding carboxylic acids is 1. The summed E-state index contributed by atoms with van der Waals surface area (Å²) >= 11 is 5.96. The zero-order valence-corrected chi connectivity index (χ0v) is 22.3. The molecule has 1 aliphatic rings. The van der Waals surface area contributed by atoms with Crippen LogP contribution in [0.5, 0.6) is 5.88 Å². The predicted octanol–water partition coefficient (Wildman–Crippen LogP) is 4.01. The summed E-state index contributed by atoms with van der Waals surface area (Å²) in [7, 11) is -2.37. The molecule has 2 aromatic heterocycles. The van der Waals surface area contributed by atoms with Gasteiger partial charge in [0, 0.05) is 23.2 Å². The number of halogens is 4. The molecule has 2 aromatic carbocycles. The Morgan fingerprint density at radius 2 is 1.95 bits per heavy atom. The summed E-state index contributed by atoms with van der Waals surface area (Å²) in [6.07, 6.45) is 2.16. The number of ether oxygens (including phenoxy) is 1. The van der Waals surface area contributed by atoms with Crippen molar-refractivity contribution in [2.75, 3.05) is 11.4 Å². The topological polar surface area (TPSA) is 138 Å². The molecule has 0 saturated heterocycles. The standard InChI is InChI=1S/C25H21ClF3N5O5S/c1-39-25-18(8-11(26)10-30-25)34(40(37)38)17-7-6-16(27)19(21(17)29)14-4-5-15-22(20(14)28)32-33-23(15)24(36)31-12-2-3-13(35)9-12/h4-8,10,12-13,35,40H,2-3,9H2,1H3,(H,31,36)(H,32,33). The van der Waals surface area contributed by atoms with Crippen LogP contribution in [0.4, 0.5) is 24.5 Å². The highest BCUT2D eigenvalue weighted by atomic mass is 35.5. The van der Waals surface area contributed by atoms with Gasteiger partial charge < -0.3 is 15.2 Å². The number of anilines is 2. The maximum atomic E-state index is 15.9. The van der Waals surface area contributed by atoms with E-state index in [1.165, 1.54) is 19.4 Å². The molecule has 0 aliphatic heterocycles. The molecular weight excluding hydrogens is 575 g/mol. The van der Waals surface area contributed by atoms with Gasteiger partial charge in [-0.2, -0.15) is 5.10 Å². The van der Waals surface area contributed by atoms with Gasteiger partial charge in [-0.25, -0.2) is 30.9 Å². The summed E-state index contributed by atoms with van der Waals surface area (Å²) in [4.78, 5) is 16.6. The van der Waals surface area contributed by atoms with Crippen LogP contribution < -0.4 is 14.4 Å². The van der Waals surface area contributed by atoms with Crippen molar-refractivity contribution in [1.29, 1.82) is 0 Å². The van der Waals surface area contributed by atoms with Crippen LogP contribution in [0.15, 0.2) is 36.5 Å². The van der Waals surface area contributed by atoms with Crippen molar-refractivity contribution in [3.05, 3.63) is 64.7 Å². The van der Waals surface area contributed by atoms with E-state index in [9.17, 15) is 18.3 Å². The Morgan fingerprint density at radius 3 is 2.62 bits per heavy atom. The molecule has 2 heterocycles. The fourth-order valence-electron chi connectivity index (χ4n) is 4.75. The van der Waals surface area contributed by atoms with Crippen LogP contribution in [0, 0.1) is 17.5 Å². The molecule has 1 amide bonds. The summed E-state index contributed by atoms with van der Waals surface area (Å²) in [5.74, 6) is -4.49. The molecule has 5 rings (SSSR count). The highest BCUT2D eigenvalue weighted by Crippen LogP contribution is 2.40. The molecule has 1 aliphatic carbocycles. The van der Waals surface area contributed by atoms with Gasteiger partial charge in [-0.1, -0.05) is 17.7 Å². The Balaban J connectivity index is 1.58. The van der Waals surface area contributed by atoms with Crippen molar-refractivity contribution in [3.8, 4) is 17.0 Å². The molecule has 210 valence electrons. The lowest BCUT2D eigenvalue weighted by molar-refractivity contribution is 0.0930. The lowest BCUT2D eigenvalue weighted by Crippen LogP contribution is -2.33. The third-order valence-electron chi connectivity index (χ3n) is 6.58. The fraction of sp³-hybridized carbons (Fsp3) is 0.240. The number of pyridine rings is 1. The third-order valence-corrected chi connectivity index (χ3v) is 7.55. The first-order chi connectivity index (χ1) is 19.1. The third kappa shape index (κ3) is 4.93. The van der Waals surface area contributed by atoms with Gasteiger partial charge in [-0.05, 0) is 43.5 Å². The van der Waals surface area contributed by atoms with Gasteiger partial charge in [0.05, 0.1) is 29.5 Å². The van der Waals surface area contributed by atoms with E-state index < -0.39 is 57.2 Å². The Hall–Kier alpha value is -3.88. The number of carbonyl (C=O) groups is 1. The number of H-pyrrole nitrogens is 1. The van der Waals surface area contributed by atoms with Gasteiger partial charge in [0.1, 0.15) is 17.0 Å². The number of hydrogen-bond donors (Lipinski definition) is 4. The second-order valence-electron chi connectivity index (χ2n) is 9.05. The van der Waals surface area contributed by atoms with Gasteiger partial charge in [-0.3, -0.25) is 9.89 Å². The number of amides is 1. The monoisotopic (exact) mass is 595 g/mol. The Bertz CT molecular complexity index is 1710. The van der Waals surface area contributed by atoms with Crippen LogP contribution >= 0.6 is 11.6 Å². The second-order valence-corrected chi connectivity index (χ2v) is 10.4. The summed E-state index contributed by atoms with van der Waals surface area (Å²) in [6.45, 7) is 0. The molecule has 1 fully saturated rings. The molecule has 4 aromatic rings. The molecule has 3 N–H and O–H groups in total.